The Balaban J connectivity index is 2.28. The predicted molar refractivity (Wildman–Crippen MR) is 63.3 cm³/mol. The van der Waals surface area contributed by atoms with Crippen molar-refractivity contribution in [2.75, 3.05) is 0 Å². The van der Waals surface area contributed by atoms with Crippen molar-refractivity contribution in [1.29, 1.82) is 0 Å². The van der Waals surface area contributed by atoms with Gasteiger partial charge < -0.3 is 0 Å². The largest absolute Gasteiger partial charge is 0.207 e. The highest BCUT2D eigenvalue weighted by Gasteiger charge is 2.02. The molecule has 0 radical (unpaired) electrons. The second-order valence-electron chi connectivity index (χ2n) is 3.40. The Morgan fingerprint density at radius 2 is 1.73 bits per heavy atom. The van der Waals surface area contributed by atoms with E-state index in [1.54, 1.807) is 12.1 Å². The van der Waals surface area contributed by atoms with Crippen molar-refractivity contribution < 1.29 is 4.39 Å². The molecule has 2 heteroatoms. The summed E-state index contributed by atoms with van der Waals surface area (Å²) >= 11 is 3.42. The lowest BCUT2D eigenvalue weighted by molar-refractivity contribution is 0.625. The monoisotopic (exact) mass is 264 g/mol. The molecule has 0 aliphatic rings. The second-order valence-corrected chi connectivity index (χ2v) is 4.25. The lowest BCUT2D eigenvalue weighted by Crippen LogP contribution is -1.90. The zero-order chi connectivity index (χ0) is 10.7. The molecule has 15 heavy (non-hydrogen) atoms. The molecular weight excluding hydrogens is 255 g/mol. The predicted octanol–water partition coefficient (Wildman–Crippen LogP) is 4.18. The molecule has 0 saturated heterocycles. The molecule has 0 aliphatic heterocycles. The van der Waals surface area contributed by atoms with Gasteiger partial charge in [0.05, 0.1) is 0 Å². The molecule has 0 heterocycles. The van der Waals surface area contributed by atoms with Crippen molar-refractivity contribution in [1.82, 2.24) is 0 Å². The molecule has 0 N–H and O–H groups in total. The molecule has 0 spiro atoms. The molecule has 0 nitrogen and oxygen atoms in total. The topological polar surface area (TPSA) is 0 Å². The van der Waals surface area contributed by atoms with Crippen LogP contribution in [-0.2, 0) is 6.42 Å². The minimum Gasteiger partial charge on any atom is -0.207 e. The SMILES string of the molecule is Fc1ccc(Br)c(Cc2ccccc2)c1. The van der Waals surface area contributed by atoms with Crippen molar-refractivity contribution in [2.45, 2.75) is 6.42 Å². The molecule has 2 aromatic rings. The van der Waals surface area contributed by atoms with Gasteiger partial charge in [-0.3, -0.25) is 0 Å². The normalized spacial score (nSPS) is 10.3. The van der Waals surface area contributed by atoms with Gasteiger partial charge in [-0.25, -0.2) is 4.39 Å². The third-order valence-electron chi connectivity index (χ3n) is 2.25. The molecule has 0 saturated carbocycles. The van der Waals surface area contributed by atoms with Crippen LogP contribution in [0.4, 0.5) is 4.39 Å². The first-order valence-corrected chi connectivity index (χ1v) is 5.53. The molecule has 0 unspecified atom stereocenters. The van der Waals surface area contributed by atoms with Gasteiger partial charge in [0.25, 0.3) is 0 Å². The Bertz CT molecular complexity index is 451. The Hall–Kier alpha value is -1.15. The van der Waals surface area contributed by atoms with Gasteiger partial charge in [-0.1, -0.05) is 46.3 Å². The summed E-state index contributed by atoms with van der Waals surface area (Å²) in [5.74, 6) is -0.191. The molecule has 0 aliphatic carbocycles. The van der Waals surface area contributed by atoms with Crippen LogP contribution < -0.4 is 0 Å². The van der Waals surface area contributed by atoms with Gasteiger partial charge in [-0.2, -0.15) is 0 Å². The van der Waals surface area contributed by atoms with Gasteiger partial charge >= 0.3 is 0 Å². The van der Waals surface area contributed by atoms with E-state index in [9.17, 15) is 4.39 Å². The van der Waals surface area contributed by atoms with Crippen molar-refractivity contribution >= 4 is 15.9 Å². The third-order valence-corrected chi connectivity index (χ3v) is 3.02. The molecule has 0 atom stereocenters. The zero-order valence-corrected chi connectivity index (χ0v) is 9.67. The number of halogens is 2. The van der Waals surface area contributed by atoms with Crippen LogP contribution in [0, 0.1) is 5.82 Å². The number of hydrogen-bond acceptors (Lipinski definition) is 0. The van der Waals surface area contributed by atoms with Gasteiger partial charge in [0, 0.05) is 4.47 Å². The maximum atomic E-state index is 13.0. The summed E-state index contributed by atoms with van der Waals surface area (Å²) < 4.78 is 14.0. The lowest BCUT2D eigenvalue weighted by Gasteiger charge is -2.04. The summed E-state index contributed by atoms with van der Waals surface area (Å²) in [6, 6.07) is 14.8. The van der Waals surface area contributed by atoms with Crippen LogP contribution >= 0.6 is 15.9 Å². The summed E-state index contributed by atoms with van der Waals surface area (Å²) in [4.78, 5) is 0. The van der Waals surface area contributed by atoms with Crippen LogP contribution in [0.15, 0.2) is 53.0 Å². The maximum absolute atomic E-state index is 13.0. The highest BCUT2D eigenvalue weighted by Crippen LogP contribution is 2.20. The van der Waals surface area contributed by atoms with E-state index in [-0.39, 0.29) is 5.82 Å². The van der Waals surface area contributed by atoms with E-state index in [0.29, 0.717) is 0 Å². The zero-order valence-electron chi connectivity index (χ0n) is 8.08. The van der Waals surface area contributed by atoms with Gasteiger partial charge in [-0.05, 0) is 35.7 Å². The summed E-state index contributed by atoms with van der Waals surface area (Å²) in [6.07, 6.45) is 0.749. The number of rotatable bonds is 2. The fourth-order valence-electron chi connectivity index (χ4n) is 1.49. The van der Waals surface area contributed by atoms with E-state index >= 15 is 0 Å². The van der Waals surface area contributed by atoms with Gasteiger partial charge in [0.1, 0.15) is 5.82 Å². The Morgan fingerprint density at radius 3 is 2.47 bits per heavy atom. The van der Waals surface area contributed by atoms with E-state index in [1.165, 1.54) is 11.6 Å². The average molecular weight is 265 g/mol. The number of hydrogen-bond donors (Lipinski definition) is 0. The smallest absolute Gasteiger partial charge is 0.123 e. The molecule has 2 aromatic carbocycles. The molecular formula is C13H10BrF. The van der Waals surface area contributed by atoms with Crippen LogP contribution in [0.2, 0.25) is 0 Å². The first kappa shape index (κ1) is 10.4. The average Bonchev–Trinajstić information content (AvgIpc) is 2.25. The van der Waals surface area contributed by atoms with E-state index in [2.05, 4.69) is 15.9 Å². The Morgan fingerprint density at radius 1 is 1.00 bits per heavy atom. The molecule has 0 aromatic heterocycles. The highest BCUT2D eigenvalue weighted by molar-refractivity contribution is 9.10. The van der Waals surface area contributed by atoms with Crippen LogP contribution in [-0.4, -0.2) is 0 Å². The quantitative estimate of drug-likeness (QED) is 0.764. The number of benzene rings is 2. The summed E-state index contributed by atoms with van der Waals surface area (Å²) in [7, 11) is 0. The summed E-state index contributed by atoms with van der Waals surface area (Å²) in [5, 5.41) is 0. The molecule has 76 valence electrons. The van der Waals surface area contributed by atoms with Crippen molar-refractivity contribution in [2.24, 2.45) is 0 Å². The first-order chi connectivity index (χ1) is 7.25. The fourth-order valence-corrected chi connectivity index (χ4v) is 1.88. The van der Waals surface area contributed by atoms with Crippen LogP contribution in [0.5, 0.6) is 0 Å². The second kappa shape index (κ2) is 4.58. The Kier molecular flexibility index (Phi) is 3.17. The minimum atomic E-state index is -0.191. The van der Waals surface area contributed by atoms with Crippen molar-refractivity contribution in [3.05, 3.63) is 69.9 Å². The first-order valence-electron chi connectivity index (χ1n) is 4.73. The third kappa shape index (κ3) is 2.66. The maximum Gasteiger partial charge on any atom is 0.123 e. The summed E-state index contributed by atoms with van der Waals surface area (Å²) in [6.45, 7) is 0. The van der Waals surface area contributed by atoms with Crippen molar-refractivity contribution in [3.63, 3.8) is 0 Å². The van der Waals surface area contributed by atoms with Gasteiger partial charge in [-0.15, -0.1) is 0 Å². The van der Waals surface area contributed by atoms with Gasteiger partial charge in [0.2, 0.25) is 0 Å². The van der Waals surface area contributed by atoms with Crippen LogP contribution in [0.1, 0.15) is 11.1 Å². The van der Waals surface area contributed by atoms with E-state index in [4.69, 9.17) is 0 Å². The molecule has 0 amide bonds. The Labute approximate surface area is 96.9 Å². The molecule has 2 rings (SSSR count). The van der Waals surface area contributed by atoms with E-state index < -0.39 is 0 Å². The van der Waals surface area contributed by atoms with E-state index in [1.807, 2.05) is 30.3 Å². The summed E-state index contributed by atoms with van der Waals surface area (Å²) in [5.41, 5.74) is 2.16. The minimum absolute atomic E-state index is 0.191. The van der Waals surface area contributed by atoms with Gasteiger partial charge in [0.15, 0.2) is 0 Å². The van der Waals surface area contributed by atoms with Crippen LogP contribution in [0.3, 0.4) is 0 Å². The fraction of sp³-hybridized carbons (Fsp3) is 0.0769. The molecule has 0 bridgehead atoms. The highest BCUT2D eigenvalue weighted by atomic mass is 79.9. The van der Waals surface area contributed by atoms with Crippen LogP contribution in [0.25, 0.3) is 0 Å². The molecule has 0 fully saturated rings. The standard InChI is InChI=1S/C13H10BrF/c14-13-7-6-12(15)9-11(13)8-10-4-2-1-3-5-10/h1-7,9H,8H2. The van der Waals surface area contributed by atoms with Crippen molar-refractivity contribution in [3.8, 4) is 0 Å². The lowest BCUT2D eigenvalue weighted by atomic mass is 10.1. The van der Waals surface area contributed by atoms with E-state index in [0.717, 1.165) is 16.5 Å².